The molecule has 0 radical (unpaired) electrons. The number of pyridine rings is 1. The van der Waals surface area contributed by atoms with Gasteiger partial charge < -0.3 is 5.73 Å². The number of benzene rings is 1. The summed E-state index contributed by atoms with van der Waals surface area (Å²) in [6.45, 7) is 0.318. The van der Waals surface area contributed by atoms with Crippen LogP contribution in [-0.2, 0) is 0 Å². The first kappa shape index (κ1) is 13.3. The summed E-state index contributed by atoms with van der Waals surface area (Å²) >= 11 is 7.41. The Morgan fingerprint density at radius 2 is 2.06 bits per heavy atom. The number of thioether (sulfide) groups is 1. The van der Waals surface area contributed by atoms with E-state index in [9.17, 15) is 4.39 Å². The minimum atomic E-state index is -0.257. The molecule has 0 saturated heterocycles. The van der Waals surface area contributed by atoms with Gasteiger partial charge in [0.05, 0.1) is 10.3 Å². The summed E-state index contributed by atoms with van der Waals surface area (Å²) in [5, 5.41) is 1.02. The zero-order valence-corrected chi connectivity index (χ0v) is 11.1. The fourth-order valence-corrected chi connectivity index (χ4v) is 2.81. The third-order valence-corrected chi connectivity index (χ3v) is 4.14. The van der Waals surface area contributed by atoms with Crippen molar-refractivity contribution in [1.82, 2.24) is 4.98 Å². The molecule has 1 atom stereocenters. The summed E-state index contributed by atoms with van der Waals surface area (Å²) in [6, 6.07) is 10.1. The van der Waals surface area contributed by atoms with Crippen molar-refractivity contribution in [1.29, 1.82) is 0 Å². The van der Waals surface area contributed by atoms with Crippen LogP contribution in [-0.4, -0.2) is 11.5 Å². The first-order valence-corrected chi connectivity index (χ1v) is 6.70. The summed E-state index contributed by atoms with van der Waals surface area (Å²) in [7, 11) is 0. The predicted molar refractivity (Wildman–Crippen MR) is 73.3 cm³/mol. The molecule has 2 rings (SSSR count). The van der Waals surface area contributed by atoms with E-state index in [1.807, 2.05) is 0 Å². The van der Waals surface area contributed by atoms with E-state index in [0.717, 1.165) is 0 Å². The van der Waals surface area contributed by atoms with Crippen LogP contribution in [0.3, 0.4) is 0 Å². The molecule has 2 aromatic rings. The van der Waals surface area contributed by atoms with Crippen LogP contribution in [0.2, 0.25) is 5.02 Å². The van der Waals surface area contributed by atoms with E-state index in [2.05, 4.69) is 4.98 Å². The maximum absolute atomic E-state index is 13.7. The van der Waals surface area contributed by atoms with Gasteiger partial charge in [-0.15, -0.1) is 0 Å². The number of nitrogens with zero attached hydrogens (tertiary/aromatic N) is 1. The Bertz CT molecular complexity index is 536. The van der Waals surface area contributed by atoms with Crippen LogP contribution in [0.15, 0.2) is 47.6 Å². The monoisotopic (exact) mass is 282 g/mol. The highest BCUT2D eigenvalue weighted by molar-refractivity contribution is 7.99. The summed E-state index contributed by atoms with van der Waals surface area (Å²) in [5.74, 6) is -0.257. The highest BCUT2D eigenvalue weighted by atomic mass is 35.5. The second kappa shape index (κ2) is 6.18. The lowest BCUT2D eigenvalue weighted by Gasteiger charge is -2.15. The topological polar surface area (TPSA) is 38.9 Å². The number of hydrogen-bond acceptors (Lipinski definition) is 3. The molecule has 0 fully saturated rings. The van der Waals surface area contributed by atoms with Gasteiger partial charge in [0.1, 0.15) is 10.8 Å². The van der Waals surface area contributed by atoms with Gasteiger partial charge in [0.15, 0.2) is 0 Å². The van der Waals surface area contributed by atoms with E-state index in [1.54, 1.807) is 36.5 Å². The van der Waals surface area contributed by atoms with Gasteiger partial charge in [-0.2, -0.15) is 0 Å². The Hall–Kier alpha value is -1.10. The van der Waals surface area contributed by atoms with Crippen LogP contribution >= 0.6 is 23.4 Å². The van der Waals surface area contributed by atoms with E-state index in [1.165, 1.54) is 17.8 Å². The van der Waals surface area contributed by atoms with Gasteiger partial charge in [-0.3, -0.25) is 0 Å². The number of rotatable bonds is 4. The zero-order valence-electron chi connectivity index (χ0n) is 9.51. The minimum absolute atomic E-state index is 0.196. The molecule has 1 heterocycles. The standard InChI is InChI=1S/C13H12ClFN2S/c14-10-5-3-7-17-13(10)18-12(8-16)9-4-1-2-6-11(9)15/h1-7,12H,8,16H2. The number of hydrogen-bond donors (Lipinski definition) is 1. The van der Waals surface area contributed by atoms with Crippen molar-refractivity contribution in [2.75, 3.05) is 6.54 Å². The Morgan fingerprint density at radius 1 is 1.28 bits per heavy atom. The number of nitrogens with two attached hydrogens (primary N) is 1. The van der Waals surface area contributed by atoms with Gasteiger partial charge >= 0.3 is 0 Å². The molecule has 0 bridgehead atoms. The van der Waals surface area contributed by atoms with Gasteiger partial charge in [-0.1, -0.05) is 41.6 Å². The molecule has 0 aliphatic rings. The molecule has 1 aromatic heterocycles. The number of aromatic nitrogens is 1. The quantitative estimate of drug-likeness (QED) is 0.870. The molecule has 0 amide bonds. The lowest BCUT2D eigenvalue weighted by Crippen LogP contribution is -2.11. The Kier molecular flexibility index (Phi) is 4.58. The average Bonchev–Trinajstić information content (AvgIpc) is 2.39. The lowest BCUT2D eigenvalue weighted by atomic mass is 10.1. The van der Waals surface area contributed by atoms with Gasteiger partial charge in [0, 0.05) is 18.3 Å². The second-order valence-corrected chi connectivity index (χ2v) is 5.25. The van der Waals surface area contributed by atoms with Crippen molar-refractivity contribution in [3.8, 4) is 0 Å². The van der Waals surface area contributed by atoms with Crippen LogP contribution in [0.5, 0.6) is 0 Å². The molecule has 0 aliphatic carbocycles. The van der Waals surface area contributed by atoms with E-state index >= 15 is 0 Å². The molecule has 94 valence electrons. The molecular weight excluding hydrogens is 271 g/mol. The molecule has 18 heavy (non-hydrogen) atoms. The molecule has 2 N–H and O–H groups in total. The molecule has 5 heteroatoms. The molecule has 0 spiro atoms. The van der Waals surface area contributed by atoms with E-state index in [4.69, 9.17) is 17.3 Å². The zero-order chi connectivity index (χ0) is 13.0. The third-order valence-electron chi connectivity index (χ3n) is 2.44. The third kappa shape index (κ3) is 3.02. The van der Waals surface area contributed by atoms with Crippen molar-refractivity contribution in [3.05, 3.63) is 59.0 Å². The van der Waals surface area contributed by atoms with E-state index in [0.29, 0.717) is 22.2 Å². The summed E-state index contributed by atoms with van der Waals surface area (Å²) in [5.41, 5.74) is 6.29. The van der Waals surface area contributed by atoms with Crippen LogP contribution in [0.4, 0.5) is 4.39 Å². The van der Waals surface area contributed by atoms with Gasteiger partial charge in [0.25, 0.3) is 0 Å². The molecule has 0 aliphatic heterocycles. The Labute approximate surface area is 114 Å². The highest BCUT2D eigenvalue weighted by Crippen LogP contribution is 2.37. The van der Waals surface area contributed by atoms with E-state index in [-0.39, 0.29) is 11.1 Å². The smallest absolute Gasteiger partial charge is 0.127 e. The minimum Gasteiger partial charge on any atom is -0.329 e. The van der Waals surface area contributed by atoms with Crippen molar-refractivity contribution < 1.29 is 4.39 Å². The Morgan fingerprint density at radius 3 is 2.72 bits per heavy atom. The summed E-state index contributed by atoms with van der Waals surface area (Å²) < 4.78 is 13.7. The van der Waals surface area contributed by atoms with Crippen molar-refractivity contribution >= 4 is 23.4 Å². The second-order valence-electron chi connectivity index (χ2n) is 3.65. The molecular formula is C13H12ClFN2S. The first-order chi connectivity index (χ1) is 8.72. The average molecular weight is 283 g/mol. The van der Waals surface area contributed by atoms with Gasteiger partial charge in [-0.25, -0.2) is 9.37 Å². The van der Waals surface area contributed by atoms with Gasteiger partial charge in [-0.05, 0) is 18.2 Å². The summed E-state index contributed by atoms with van der Waals surface area (Å²) in [6.07, 6.45) is 1.66. The van der Waals surface area contributed by atoms with Gasteiger partial charge in [0.2, 0.25) is 0 Å². The molecule has 1 aromatic carbocycles. The molecule has 0 saturated carbocycles. The van der Waals surface area contributed by atoms with Crippen LogP contribution in [0.1, 0.15) is 10.8 Å². The highest BCUT2D eigenvalue weighted by Gasteiger charge is 2.17. The summed E-state index contributed by atoms with van der Waals surface area (Å²) in [4.78, 5) is 4.17. The van der Waals surface area contributed by atoms with Crippen molar-refractivity contribution in [2.24, 2.45) is 5.73 Å². The normalized spacial score (nSPS) is 12.4. The molecule has 2 nitrogen and oxygen atoms in total. The van der Waals surface area contributed by atoms with Crippen molar-refractivity contribution in [2.45, 2.75) is 10.3 Å². The maximum atomic E-state index is 13.7. The Balaban J connectivity index is 2.26. The fourth-order valence-electron chi connectivity index (χ4n) is 1.57. The lowest BCUT2D eigenvalue weighted by molar-refractivity contribution is 0.608. The maximum Gasteiger partial charge on any atom is 0.127 e. The first-order valence-electron chi connectivity index (χ1n) is 5.44. The molecule has 1 unspecified atom stereocenters. The predicted octanol–water partition coefficient (Wildman–Crippen LogP) is 3.67. The van der Waals surface area contributed by atoms with E-state index < -0.39 is 0 Å². The number of halogens is 2. The van der Waals surface area contributed by atoms with Crippen LogP contribution in [0, 0.1) is 5.82 Å². The largest absolute Gasteiger partial charge is 0.329 e. The fraction of sp³-hybridized carbons (Fsp3) is 0.154. The SMILES string of the molecule is NCC(Sc1ncccc1Cl)c1ccccc1F. The van der Waals surface area contributed by atoms with Crippen LogP contribution < -0.4 is 5.73 Å². The van der Waals surface area contributed by atoms with Crippen LogP contribution in [0.25, 0.3) is 0 Å². The van der Waals surface area contributed by atoms with Crippen molar-refractivity contribution in [3.63, 3.8) is 0 Å².